The number of carboxylic acids is 2. The summed E-state index contributed by atoms with van der Waals surface area (Å²) < 4.78 is 0. The second-order valence-corrected chi connectivity index (χ2v) is 5.52. The summed E-state index contributed by atoms with van der Waals surface area (Å²) in [5.74, 6) is -3.82. The highest BCUT2D eigenvalue weighted by molar-refractivity contribution is 6.06. The average molecular weight is 322 g/mol. The third-order valence-corrected chi connectivity index (χ3v) is 3.51. The fourth-order valence-corrected chi connectivity index (χ4v) is 2.36. The lowest BCUT2D eigenvalue weighted by molar-refractivity contribution is -0.161. The first-order valence-electron chi connectivity index (χ1n) is 7.26. The lowest BCUT2D eigenvalue weighted by atomic mass is 9.93. The van der Waals surface area contributed by atoms with Crippen molar-refractivity contribution >= 4 is 17.8 Å². The predicted molar refractivity (Wildman–Crippen MR) is 83.8 cm³/mol. The Morgan fingerprint density at radius 3 is 2.17 bits per heavy atom. The Balaban J connectivity index is 2.63. The Bertz CT molecular complexity index is 545. The van der Waals surface area contributed by atoms with E-state index in [1.807, 2.05) is 42.3 Å². The van der Waals surface area contributed by atoms with Crippen molar-refractivity contribution in [1.82, 2.24) is 10.2 Å². The van der Waals surface area contributed by atoms with Crippen molar-refractivity contribution in [2.75, 3.05) is 13.6 Å². The number of amides is 1. The molecule has 0 spiro atoms. The summed E-state index contributed by atoms with van der Waals surface area (Å²) in [6.45, 7) is 2.28. The van der Waals surface area contributed by atoms with Gasteiger partial charge in [0.25, 0.3) is 0 Å². The maximum atomic E-state index is 11.4. The molecule has 0 heterocycles. The number of nitrogens with zero attached hydrogens (tertiary/aromatic N) is 1. The van der Waals surface area contributed by atoms with Crippen LogP contribution in [0.25, 0.3) is 0 Å². The molecule has 0 saturated heterocycles. The molecule has 1 aromatic rings. The second kappa shape index (κ2) is 8.28. The van der Waals surface area contributed by atoms with E-state index in [9.17, 15) is 24.6 Å². The van der Waals surface area contributed by atoms with Gasteiger partial charge in [-0.25, -0.2) is 9.59 Å². The second-order valence-electron chi connectivity index (χ2n) is 5.52. The summed E-state index contributed by atoms with van der Waals surface area (Å²) in [4.78, 5) is 35.8. The van der Waals surface area contributed by atoms with Crippen LogP contribution >= 0.6 is 0 Å². The van der Waals surface area contributed by atoms with Crippen LogP contribution in [0, 0.1) is 0 Å². The van der Waals surface area contributed by atoms with Gasteiger partial charge in [-0.3, -0.25) is 4.79 Å². The van der Waals surface area contributed by atoms with Crippen LogP contribution in [-0.4, -0.2) is 52.1 Å². The molecule has 1 rings (SSSR count). The van der Waals surface area contributed by atoms with Gasteiger partial charge in [-0.05, 0) is 32.0 Å². The molecule has 23 heavy (non-hydrogen) atoms. The molecule has 0 atom stereocenters. The summed E-state index contributed by atoms with van der Waals surface area (Å²) in [7, 11) is 1.87. The molecular weight excluding hydrogens is 300 g/mol. The van der Waals surface area contributed by atoms with E-state index in [2.05, 4.69) is 5.32 Å². The SMILES string of the molecule is CC(=O)NC(CCCN(C)Cc1ccccc1)(C(=O)O)C(=O)O. The van der Waals surface area contributed by atoms with Gasteiger partial charge in [-0.15, -0.1) is 0 Å². The summed E-state index contributed by atoms with van der Waals surface area (Å²) in [5, 5.41) is 20.5. The summed E-state index contributed by atoms with van der Waals surface area (Å²) in [6.07, 6.45) is 0.137. The molecule has 0 radical (unpaired) electrons. The van der Waals surface area contributed by atoms with Crippen LogP contribution in [-0.2, 0) is 20.9 Å². The summed E-state index contributed by atoms with van der Waals surface area (Å²) >= 11 is 0. The molecule has 0 aromatic heterocycles. The highest BCUT2D eigenvalue weighted by Crippen LogP contribution is 2.15. The molecule has 7 heteroatoms. The standard InChI is InChI=1S/C16H22N2O5/c1-12(19)17-16(14(20)21,15(22)23)9-6-10-18(2)11-13-7-4-3-5-8-13/h3-5,7-8H,6,9-11H2,1-2H3,(H,17,19)(H,20,21)(H,22,23). The minimum absolute atomic E-state index is 0.184. The van der Waals surface area contributed by atoms with Gasteiger partial charge in [0.05, 0.1) is 0 Å². The molecule has 0 saturated carbocycles. The van der Waals surface area contributed by atoms with Crippen molar-refractivity contribution in [3.63, 3.8) is 0 Å². The first kappa shape index (κ1) is 18.6. The Morgan fingerprint density at radius 2 is 1.70 bits per heavy atom. The van der Waals surface area contributed by atoms with Gasteiger partial charge < -0.3 is 20.4 Å². The van der Waals surface area contributed by atoms with E-state index < -0.39 is 23.4 Å². The number of carbonyl (C=O) groups excluding carboxylic acids is 1. The number of hydrogen-bond acceptors (Lipinski definition) is 4. The summed E-state index contributed by atoms with van der Waals surface area (Å²) in [6, 6.07) is 9.74. The highest BCUT2D eigenvalue weighted by Gasteiger charge is 2.47. The molecule has 7 nitrogen and oxygen atoms in total. The normalized spacial score (nSPS) is 11.3. The zero-order chi connectivity index (χ0) is 17.5. The molecule has 1 aromatic carbocycles. The quantitative estimate of drug-likeness (QED) is 0.584. The van der Waals surface area contributed by atoms with Crippen molar-refractivity contribution in [3.8, 4) is 0 Å². The van der Waals surface area contributed by atoms with E-state index in [1.165, 1.54) is 0 Å². The monoisotopic (exact) mass is 322 g/mol. The molecule has 126 valence electrons. The molecule has 3 N–H and O–H groups in total. The smallest absolute Gasteiger partial charge is 0.341 e. The number of carbonyl (C=O) groups is 3. The largest absolute Gasteiger partial charge is 0.479 e. The fourth-order valence-electron chi connectivity index (χ4n) is 2.36. The van der Waals surface area contributed by atoms with Crippen LogP contribution in [0.1, 0.15) is 25.3 Å². The van der Waals surface area contributed by atoms with Crippen molar-refractivity contribution in [2.45, 2.75) is 31.8 Å². The Hall–Kier alpha value is -2.41. The Morgan fingerprint density at radius 1 is 1.13 bits per heavy atom. The highest BCUT2D eigenvalue weighted by atomic mass is 16.4. The van der Waals surface area contributed by atoms with E-state index in [4.69, 9.17) is 0 Å². The minimum atomic E-state index is -2.28. The number of benzene rings is 1. The van der Waals surface area contributed by atoms with E-state index in [0.717, 1.165) is 12.5 Å². The lowest BCUT2D eigenvalue weighted by Gasteiger charge is -2.26. The average Bonchev–Trinajstić information content (AvgIpc) is 2.46. The molecule has 0 fully saturated rings. The molecule has 0 aliphatic heterocycles. The zero-order valence-corrected chi connectivity index (χ0v) is 13.3. The van der Waals surface area contributed by atoms with Gasteiger partial charge in [0.15, 0.2) is 0 Å². The maximum absolute atomic E-state index is 11.4. The van der Waals surface area contributed by atoms with Crippen molar-refractivity contribution in [2.24, 2.45) is 0 Å². The van der Waals surface area contributed by atoms with Crippen LogP contribution < -0.4 is 5.32 Å². The van der Waals surface area contributed by atoms with Crippen LogP contribution in [0.5, 0.6) is 0 Å². The topological polar surface area (TPSA) is 107 Å². The molecule has 0 unspecified atom stereocenters. The van der Waals surface area contributed by atoms with Crippen molar-refractivity contribution in [1.29, 1.82) is 0 Å². The van der Waals surface area contributed by atoms with Crippen molar-refractivity contribution < 1.29 is 24.6 Å². The molecule has 0 aliphatic carbocycles. The van der Waals surface area contributed by atoms with Gasteiger partial charge >= 0.3 is 11.9 Å². The van der Waals surface area contributed by atoms with Crippen molar-refractivity contribution in [3.05, 3.63) is 35.9 Å². The first-order chi connectivity index (χ1) is 10.8. The number of nitrogens with one attached hydrogen (secondary N) is 1. The Labute approximate surface area is 134 Å². The van der Waals surface area contributed by atoms with Gasteiger partial charge in [-0.2, -0.15) is 0 Å². The number of hydrogen-bond donors (Lipinski definition) is 3. The zero-order valence-electron chi connectivity index (χ0n) is 13.3. The van der Waals surface area contributed by atoms with Crippen LogP contribution in [0.2, 0.25) is 0 Å². The molecular formula is C16H22N2O5. The first-order valence-corrected chi connectivity index (χ1v) is 7.26. The predicted octanol–water partition coefficient (Wildman–Crippen LogP) is 0.943. The number of aliphatic carboxylic acids is 2. The van der Waals surface area contributed by atoms with Crippen LogP contribution in [0.15, 0.2) is 30.3 Å². The third-order valence-electron chi connectivity index (χ3n) is 3.51. The van der Waals surface area contributed by atoms with Gasteiger partial charge in [0, 0.05) is 13.5 Å². The van der Waals surface area contributed by atoms with E-state index >= 15 is 0 Å². The molecule has 1 amide bonds. The van der Waals surface area contributed by atoms with Gasteiger partial charge in [0.2, 0.25) is 11.4 Å². The maximum Gasteiger partial charge on any atom is 0.341 e. The lowest BCUT2D eigenvalue weighted by Crippen LogP contribution is -2.59. The molecule has 0 bridgehead atoms. The van der Waals surface area contributed by atoms with E-state index in [-0.39, 0.29) is 6.42 Å². The minimum Gasteiger partial charge on any atom is -0.479 e. The van der Waals surface area contributed by atoms with Crippen LogP contribution in [0.3, 0.4) is 0 Å². The Kier molecular flexibility index (Phi) is 6.71. The van der Waals surface area contributed by atoms with E-state index in [0.29, 0.717) is 19.5 Å². The summed E-state index contributed by atoms with van der Waals surface area (Å²) in [5.41, 5.74) is -1.17. The fraction of sp³-hybridized carbons (Fsp3) is 0.438. The van der Waals surface area contributed by atoms with Gasteiger partial charge in [0.1, 0.15) is 0 Å². The number of rotatable bonds is 9. The van der Waals surface area contributed by atoms with Crippen LogP contribution in [0.4, 0.5) is 0 Å². The third kappa shape index (κ3) is 5.37. The number of carboxylic acid groups (broad SMARTS) is 2. The molecule has 0 aliphatic rings. The van der Waals surface area contributed by atoms with Gasteiger partial charge in [-0.1, -0.05) is 30.3 Å². The van der Waals surface area contributed by atoms with E-state index in [1.54, 1.807) is 0 Å².